The molecule has 3 nitrogen and oxygen atoms in total. The van der Waals surface area contributed by atoms with Crippen LogP contribution in [0.25, 0.3) is 5.57 Å². The van der Waals surface area contributed by atoms with Crippen LogP contribution in [0.5, 0.6) is 5.75 Å². The van der Waals surface area contributed by atoms with E-state index in [9.17, 15) is 18.3 Å². The van der Waals surface area contributed by atoms with Gasteiger partial charge in [0.05, 0.1) is 5.56 Å². The second-order valence-electron chi connectivity index (χ2n) is 3.89. The first-order valence-electron chi connectivity index (χ1n) is 5.27. The molecule has 0 aromatic heterocycles. The molecule has 0 radical (unpaired) electrons. The van der Waals surface area contributed by atoms with Crippen molar-refractivity contribution in [3.8, 4) is 5.75 Å². The number of benzene rings is 1. The quantitative estimate of drug-likeness (QED) is 0.383. The molecule has 0 atom stereocenters. The second kappa shape index (κ2) is 5.60. The van der Waals surface area contributed by atoms with Crippen LogP contribution in [-0.2, 0) is 6.18 Å². The van der Waals surface area contributed by atoms with Crippen molar-refractivity contribution >= 4 is 11.8 Å². The fourth-order valence-electron chi connectivity index (χ4n) is 1.51. The van der Waals surface area contributed by atoms with Gasteiger partial charge in [0.1, 0.15) is 5.75 Å². The summed E-state index contributed by atoms with van der Waals surface area (Å²) in [6.07, 6.45) is -1.88. The number of halogens is 3. The number of phenolic OH excluding ortho intramolecular Hbond substituents is 1. The van der Waals surface area contributed by atoms with Gasteiger partial charge >= 0.3 is 6.18 Å². The molecule has 0 aliphatic heterocycles. The van der Waals surface area contributed by atoms with Gasteiger partial charge in [0.25, 0.3) is 0 Å². The van der Waals surface area contributed by atoms with E-state index < -0.39 is 11.7 Å². The smallest absolute Gasteiger partial charge is 0.416 e. The third-order valence-corrected chi connectivity index (χ3v) is 2.40. The third-order valence-electron chi connectivity index (χ3n) is 2.40. The van der Waals surface area contributed by atoms with E-state index in [0.717, 1.165) is 18.2 Å². The Balaban J connectivity index is 3.43. The Kier molecular flexibility index (Phi) is 4.37. The van der Waals surface area contributed by atoms with Crippen molar-refractivity contribution in [2.45, 2.75) is 13.1 Å². The Bertz CT molecular complexity index is 545. The molecule has 0 fully saturated rings. The summed E-state index contributed by atoms with van der Waals surface area (Å²) in [6.45, 7) is 5.26. The highest BCUT2D eigenvalue weighted by Crippen LogP contribution is 2.36. The van der Waals surface area contributed by atoms with Gasteiger partial charge in [-0.2, -0.15) is 18.3 Å². The number of hydrogen-bond donors (Lipinski definition) is 2. The molecule has 0 saturated heterocycles. The Labute approximate surface area is 108 Å². The molecule has 0 unspecified atom stereocenters. The molecule has 0 spiro atoms. The summed E-state index contributed by atoms with van der Waals surface area (Å²) in [5, 5.41) is 12.9. The van der Waals surface area contributed by atoms with Crippen molar-refractivity contribution in [1.29, 1.82) is 0 Å². The Morgan fingerprint density at radius 2 is 2.05 bits per heavy atom. The standard InChI is InChI=1S/C13H13F3N2O/c1-8(2)10(5-6-18-17)11-7-9(13(14,15)16)3-4-12(11)19/h3-7,19H,1,17H2,2H3/b10-5+,18-6-. The predicted octanol–water partition coefficient (Wildman–Crippen LogP) is 3.32. The van der Waals surface area contributed by atoms with Crippen LogP contribution < -0.4 is 5.84 Å². The highest BCUT2D eigenvalue weighted by molar-refractivity contribution is 5.92. The van der Waals surface area contributed by atoms with Crippen LogP contribution in [0.2, 0.25) is 0 Å². The maximum atomic E-state index is 12.6. The summed E-state index contributed by atoms with van der Waals surface area (Å²) in [6, 6.07) is 2.67. The Morgan fingerprint density at radius 3 is 2.53 bits per heavy atom. The predicted molar refractivity (Wildman–Crippen MR) is 68.6 cm³/mol. The average molecular weight is 270 g/mol. The van der Waals surface area contributed by atoms with E-state index in [0.29, 0.717) is 11.1 Å². The highest BCUT2D eigenvalue weighted by Gasteiger charge is 2.31. The van der Waals surface area contributed by atoms with E-state index in [1.165, 1.54) is 12.3 Å². The van der Waals surface area contributed by atoms with Gasteiger partial charge in [-0.05, 0) is 36.8 Å². The van der Waals surface area contributed by atoms with Crippen molar-refractivity contribution < 1.29 is 18.3 Å². The zero-order chi connectivity index (χ0) is 14.6. The Hall–Kier alpha value is -2.24. The number of hydrazone groups is 1. The van der Waals surface area contributed by atoms with Crippen molar-refractivity contribution in [1.82, 2.24) is 0 Å². The number of rotatable bonds is 3. The summed E-state index contributed by atoms with van der Waals surface area (Å²) >= 11 is 0. The van der Waals surface area contributed by atoms with Crippen LogP contribution in [0.4, 0.5) is 13.2 Å². The van der Waals surface area contributed by atoms with Crippen LogP contribution in [-0.4, -0.2) is 11.3 Å². The average Bonchev–Trinajstić information content (AvgIpc) is 2.29. The molecule has 1 aromatic rings. The minimum Gasteiger partial charge on any atom is -0.507 e. The second-order valence-corrected chi connectivity index (χ2v) is 3.89. The topological polar surface area (TPSA) is 58.6 Å². The largest absolute Gasteiger partial charge is 0.507 e. The first-order chi connectivity index (χ1) is 8.77. The molecule has 6 heteroatoms. The maximum absolute atomic E-state index is 12.6. The summed E-state index contributed by atoms with van der Waals surface area (Å²) in [7, 11) is 0. The van der Waals surface area contributed by atoms with Crippen LogP contribution in [0, 0.1) is 0 Å². The Morgan fingerprint density at radius 1 is 1.42 bits per heavy atom. The minimum absolute atomic E-state index is 0.0298. The molecule has 3 N–H and O–H groups in total. The van der Waals surface area contributed by atoms with Gasteiger partial charge in [-0.1, -0.05) is 12.2 Å². The highest BCUT2D eigenvalue weighted by atomic mass is 19.4. The zero-order valence-corrected chi connectivity index (χ0v) is 10.2. The summed E-state index contributed by atoms with van der Waals surface area (Å²) < 4.78 is 37.9. The molecule has 0 heterocycles. The van der Waals surface area contributed by atoms with Gasteiger partial charge in [0, 0.05) is 11.8 Å². The molecule has 0 amide bonds. The molecule has 1 aromatic carbocycles. The number of aromatic hydroxyl groups is 1. The van der Waals surface area contributed by atoms with Gasteiger partial charge in [-0.3, -0.25) is 0 Å². The third kappa shape index (κ3) is 3.61. The number of allylic oxidation sites excluding steroid dienone is 3. The lowest BCUT2D eigenvalue weighted by Gasteiger charge is -2.13. The monoisotopic (exact) mass is 270 g/mol. The van der Waals surface area contributed by atoms with Gasteiger partial charge in [-0.25, -0.2) is 0 Å². The van der Waals surface area contributed by atoms with Gasteiger partial charge < -0.3 is 10.9 Å². The SMILES string of the molecule is C=C(C)/C(=C\C=N/N)c1cc(C(F)(F)F)ccc1O. The summed E-state index contributed by atoms with van der Waals surface area (Å²) in [5.74, 6) is 4.67. The minimum atomic E-state index is -4.48. The molecular weight excluding hydrogens is 257 g/mol. The van der Waals surface area contributed by atoms with Crippen LogP contribution in [0.3, 0.4) is 0 Å². The van der Waals surface area contributed by atoms with E-state index in [1.54, 1.807) is 6.92 Å². The van der Waals surface area contributed by atoms with E-state index in [-0.39, 0.29) is 11.3 Å². The fourth-order valence-corrected chi connectivity index (χ4v) is 1.51. The lowest BCUT2D eigenvalue weighted by Crippen LogP contribution is -2.05. The van der Waals surface area contributed by atoms with E-state index >= 15 is 0 Å². The van der Waals surface area contributed by atoms with Crippen molar-refractivity contribution in [2.24, 2.45) is 10.9 Å². The van der Waals surface area contributed by atoms with E-state index in [4.69, 9.17) is 5.84 Å². The van der Waals surface area contributed by atoms with Gasteiger partial charge in [0.2, 0.25) is 0 Å². The van der Waals surface area contributed by atoms with Crippen LogP contribution in [0.1, 0.15) is 18.1 Å². The summed E-state index contributed by atoms with van der Waals surface area (Å²) in [4.78, 5) is 0. The van der Waals surface area contributed by atoms with E-state index in [1.807, 2.05) is 0 Å². The molecule has 102 valence electrons. The lowest BCUT2D eigenvalue weighted by atomic mass is 9.97. The maximum Gasteiger partial charge on any atom is 0.416 e. The molecule has 0 aliphatic rings. The number of hydrogen-bond acceptors (Lipinski definition) is 3. The fraction of sp³-hybridized carbons (Fsp3) is 0.154. The van der Waals surface area contributed by atoms with E-state index in [2.05, 4.69) is 11.7 Å². The number of phenols is 1. The molecule has 1 rings (SSSR count). The van der Waals surface area contributed by atoms with Crippen molar-refractivity contribution in [3.05, 3.63) is 47.6 Å². The molecule has 0 aliphatic carbocycles. The first kappa shape index (κ1) is 14.8. The van der Waals surface area contributed by atoms with Crippen LogP contribution >= 0.6 is 0 Å². The normalized spacial score (nSPS) is 12.9. The number of alkyl halides is 3. The van der Waals surface area contributed by atoms with Crippen molar-refractivity contribution in [2.75, 3.05) is 0 Å². The molecular formula is C13H13F3N2O. The van der Waals surface area contributed by atoms with Gasteiger partial charge in [0.15, 0.2) is 0 Å². The zero-order valence-electron chi connectivity index (χ0n) is 10.2. The molecule has 19 heavy (non-hydrogen) atoms. The lowest BCUT2D eigenvalue weighted by molar-refractivity contribution is -0.137. The molecule has 0 saturated carbocycles. The number of nitrogens with two attached hydrogens (primary N) is 1. The summed E-state index contributed by atoms with van der Waals surface area (Å²) in [5.41, 5.74) is -0.00770. The first-order valence-corrected chi connectivity index (χ1v) is 5.27. The van der Waals surface area contributed by atoms with Crippen molar-refractivity contribution in [3.63, 3.8) is 0 Å². The van der Waals surface area contributed by atoms with Crippen LogP contribution in [0.15, 0.2) is 41.5 Å². The number of nitrogens with zero attached hydrogens (tertiary/aromatic N) is 1. The van der Waals surface area contributed by atoms with Gasteiger partial charge in [-0.15, -0.1) is 0 Å². The molecule has 0 bridgehead atoms.